The van der Waals surface area contributed by atoms with Crippen LogP contribution in [-0.4, -0.2) is 23.5 Å². The molecule has 0 aliphatic carbocycles. The third-order valence-electron chi connectivity index (χ3n) is 3.57. The number of fused-ring (bicyclic) bond motifs is 1. The standard InChI is InChI=1S/C17H12ClF3N2O3S2/c1-2-26-12(24)6-9-7-27-16(22-9)23-15(25)14-13(18)10-4-3-8(17(19,20)21)5-11(10)28-14/h3-5,7H,2,6H2,1H3,(H,22,23,25). The number of nitrogens with one attached hydrogen (secondary N) is 1. The predicted molar refractivity (Wildman–Crippen MR) is 102 cm³/mol. The lowest BCUT2D eigenvalue weighted by atomic mass is 10.1. The van der Waals surface area contributed by atoms with Gasteiger partial charge in [-0.05, 0) is 19.1 Å². The molecule has 0 saturated carbocycles. The molecule has 11 heteroatoms. The summed E-state index contributed by atoms with van der Waals surface area (Å²) in [6.07, 6.45) is -4.51. The lowest BCUT2D eigenvalue weighted by Gasteiger charge is -2.05. The van der Waals surface area contributed by atoms with E-state index in [4.69, 9.17) is 16.3 Å². The number of nitrogens with zero attached hydrogens (tertiary/aromatic N) is 1. The smallest absolute Gasteiger partial charge is 0.416 e. The Balaban J connectivity index is 1.79. The third-order valence-corrected chi connectivity index (χ3v) is 6.03. The van der Waals surface area contributed by atoms with Crippen LogP contribution in [0.5, 0.6) is 0 Å². The largest absolute Gasteiger partial charge is 0.466 e. The van der Waals surface area contributed by atoms with Crippen LogP contribution in [-0.2, 0) is 22.1 Å². The van der Waals surface area contributed by atoms with Crippen molar-refractivity contribution in [2.75, 3.05) is 11.9 Å². The Kier molecular flexibility index (Phi) is 5.92. The second kappa shape index (κ2) is 8.06. The van der Waals surface area contributed by atoms with Crippen molar-refractivity contribution in [3.05, 3.63) is 44.7 Å². The number of ether oxygens (including phenoxy) is 1. The van der Waals surface area contributed by atoms with Gasteiger partial charge in [0.25, 0.3) is 5.91 Å². The highest BCUT2D eigenvalue weighted by atomic mass is 35.5. The molecule has 3 aromatic rings. The van der Waals surface area contributed by atoms with Gasteiger partial charge in [-0.15, -0.1) is 22.7 Å². The molecule has 0 spiro atoms. The Bertz CT molecular complexity index is 1050. The van der Waals surface area contributed by atoms with Gasteiger partial charge in [-0.2, -0.15) is 13.2 Å². The molecule has 1 N–H and O–H groups in total. The number of halogens is 4. The van der Waals surface area contributed by atoms with E-state index >= 15 is 0 Å². The first-order chi connectivity index (χ1) is 13.2. The summed E-state index contributed by atoms with van der Waals surface area (Å²) in [5.74, 6) is -1.02. The summed E-state index contributed by atoms with van der Waals surface area (Å²) in [4.78, 5) is 28.2. The molecule has 148 valence electrons. The number of thiazole rings is 1. The predicted octanol–water partition coefficient (Wildman–Crippen LogP) is 5.39. The highest BCUT2D eigenvalue weighted by molar-refractivity contribution is 7.22. The van der Waals surface area contributed by atoms with Crippen LogP contribution in [0.3, 0.4) is 0 Å². The van der Waals surface area contributed by atoms with E-state index in [1.165, 1.54) is 6.07 Å². The average Bonchev–Trinajstić information content (AvgIpc) is 3.18. The summed E-state index contributed by atoms with van der Waals surface area (Å²) >= 11 is 8.16. The second-order valence-corrected chi connectivity index (χ2v) is 7.82. The van der Waals surface area contributed by atoms with Crippen molar-refractivity contribution in [1.82, 2.24) is 4.98 Å². The number of benzene rings is 1. The van der Waals surface area contributed by atoms with E-state index in [1.807, 2.05) is 0 Å². The molecule has 28 heavy (non-hydrogen) atoms. The van der Waals surface area contributed by atoms with E-state index in [9.17, 15) is 22.8 Å². The number of esters is 1. The summed E-state index contributed by atoms with van der Waals surface area (Å²) in [5, 5.41) is 4.85. The van der Waals surface area contributed by atoms with Crippen LogP contribution in [0.15, 0.2) is 23.6 Å². The first-order valence-electron chi connectivity index (χ1n) is 7.89. The van der Waals surface area contributed by atoms with E-state index < -0.39 is 23.6 Å². The van der Waals surface area contributed by atoms with Crippen LogP contribution < -0.4 is 5.32 Å². The maximum absolute atomic E-state index is 12.9. The summed E-state index contributed by atoms with van der Waals surface area (Å²) < 4.78 is 43.7. The van der Waals surface area contributed by atoms with Crippen molar-refractivity contribution in [2.45, 2.75) is 19.5 Å². The zero-order chi connectivity index (χ0) is 20.5. The Morgan fingerprint density at radius 2 is 2.07 bits per heavy atom. The van der Waals surface area contributed by atoms with E-state index in [-0.39, 0.29) is 32.8 Å². The molecular formula is C17H12ClF3N2O3S2. The van der Waals surface area contributed by atoms with E-state index in [0.717, 1.165) is 34.8 Å². The molecule has 0 aliphatic heterocycles. The van der Waals surface area contributed by atoms with Crippen LogP contribution in [0.4, 0.5) is 18.3 Å². The van der Waals surface area contributed by atoms with Gasteiger partial charge < -0.3 is 4.74 Å². The fraction of sp³-hybridized carbons (Fsp3) is 0.235. The van der Waals surface area contributed by atoms with E-state index in [1.54, 1.807) is 12.3 Å². The van der Waals surface area contributed by atoms with Gasteiger partial charge in [0.2, 0.25) is 0 Å². The first-order valence-corrected chi connectivity index (χ1v) is 9.97. The summed E-state index contributed by atoms with van der Waals surface area (Å²) in [6.45, 7) is 1.95. The van der Waals surface area contributed by atoms with Crippen molar-refractivity contribution in [1.29, 1.82) is 0 Å². The highest BCUT2D eigenvalue weighted by Gasteiger charge is 2.31. The van der Waals surface area contributed by atoms with Crippen molar-refractivity contribution in [3.8, 4) is 0 Å². The number of rotatable bonds is 5. The van der Waals surface area contributed by atoms with Gasteiger partial charge in [-0.25, -0.2) is 4.98 Å². The minimum Gasteiger partial charge on any atom is -0.466 e. The molecule has 0 fully saturated rings. The number of thiophene rings is 1. The molecule has 1 aromatic carbocycles. The third kappa shape index (κ3) is 4.45. The molecule has 3 rings (SSSR count). The molecule has 0 aliphatic rings. The SMILES string of the molecule is CCOC(=O)Cc1csc(NC(=O)c2sc3cc(C(F)(F)F)ccc3c2Cl)n1. The number of hydrogen-bond donors (Lipinski definition) is 1. The van der Waals surface area contributed by atoms with Crippen LogP contribution in [0.1, 0.15) is 27.9 Å². The fourth-order valence-electron chi connectivity index (χ4n) is 2.35. The number of aromatic nitrogens is 1. The topological polar surface area (TPSA) is 68.3 Å². The maximum Gasteiger partial charge on any atom is 0.416 e. The van der Waals surface area contributed by atoms with Gasteiger partial charge in [0, 0.05) is 15.5 Å². The molecule has 0 unspecified atom stereocenters. The van der Waals surface area contributed by atoms with Crippen molar-refractivity contribution in [3.63, 3.8) is 0 Å². The number of alkyl halides is 3. The van der Waals surface area contributed by atoms with Crippen molar-refractivity contribution >= 4 is 61.4 Å². The molecule has 0 atom stereocenters. The summed E-state index contributed by atoms with van der Waals surface area (Å²) in [6, 6.07) is 3.13. The highest BCUT2D eigenvalue weighted by Crippen LogP contribution is 2.39. The fourth-order valence-corrected chi connectivity index (χ4v) is 4.50. The molecule has 2 heterocycles. The molecule has 0 saturated heterocycles. The second-order valence-electron chi connectivity index (χ2n) is 5.53. The minimum atomic E-state index is -4.48. The number of carbonyl (C=O) groups is 2. The number of hydrogen-bond acceptors (Lipinski definition) is 6. The van der Waals surface area contributed by atoms with Gasteiger partial charge >= 0.3 is 12.1 Å². The number of carbonyl (C=O) groups excluding carboxylic acids is 2. The van der Waals surface area contributed by atoms with Crippen LogP contribution in [0, 0.1) is 0 Å². The summed E-state index contributed by atoms with van der Waals surface area (Å²) in [7, 11) is 0. The van der Waals surface area contributed by atoms with Gasteiger partial charge in [-0.1, -0.05) is 17.7 Å². The Labute approximate surface area is 170 Å². The number of anilines is 1. The molecule has 2 aromatic heterocycles. The lowest BCUT2D eigenvalue weighted by molar-refractivity contribution is -0.142. The maximum atomic E-state index is 12.9. The van der Waals surface area contributed by atoms with Crippen molar-refractivity contribution in [2.24, 2.45) is 0 Å². The van der Waals surface area contributed by atoms with E-state index in [0.29, 0.717) is 11.1 Å². The zero-order valence-electron chi connectivity index (χ0n) is 14.2. The molecule has 5 nitrogen and oxygen atoms in total. The van der Waals surface area contributed by atoms with Gasteiger partial charge in [-0.3, -0.25) is 14.9 Å². The normalized spacial score (nSPS) is 11.6. The summed E-state index contributed by atoms with van der Waals surface area (Å²) in [5.41, 5.74) is -0.371. The van der Waals surface area contributed by atoms with E-state index in [2.05, 4.69) is 10.3 Å². The molecule has 0 bridgehead atoms. The quantitative estimate of drug-likeness (QED) is 0.531. The van der Waals surface area contributed by atoms with Crippen LogP contribution in [0.25, 0.3) is 10.1 Å². The lowest BCUT2D eigenvalue weighted by Crippen LogP contribution is -2.11. The molecule has 1 amide bonds. The zero-order valence-corrected chi connectivity index (χ0v) is 16.6. The molecule has 0 radical (unpaired) electrons. The van der Waals surface area contributed by atoms with Gasteiger partial charge in [0.15, 0.2) is 5.13 Å². The van der Waals surface area contributed by atoms with Crippen LogP contribution in [0.2, 0.25) is 5.02 Å². The van der Waals surface area contributed by atoms with Crippen molar-refractivity contribution < 1.29 is 27.5 Å². The Hall–Kier alpha value is -2.17. The monoisotopic (exact) mass is 448 g/mol. The first kappa shape index (κ1) is 20.6. The average molecular weight is 449 g/mol. The Morgan fingerprint density at radius 3 is 2.75 bits per heavy atom. The van der Waals surface area contributed by atoms with Crippen LogP contribution >= 0.6 is 34.3 Å². The van der Waals surface area contributed by atoms with Gasteiger partial charge in [0.05, 0.1) is 29.3 Å². The number of amides is 1. The van der Waals surface area contributed by atoms with Gasteiger partial charge in [0.1, 0.15) is 4.88 Å². The Morgan fingerprint density at radius 1 is 1.32 bits per heavy atom. The molecular weight excluding hydrogens is 437 g/mol. The minimum absolute atomic E-state index is 0.0237.